The van der Waals surface area contributed by atoms with Crippen LogP contribution in [0.25, 0.3) is 0 Å². The zero-order valence-electron chi connectivity index (χ0n) is 10.5. The Labute approximate surface area is 116 Å². The molecule has 1 rings (SSSR count). The van der Waals surface area contributed by atoms with Crippen molar-refractivity contribution in [2.45, 2.75) is 25.8 Å². The van der Waals surface area contributed by atoms with E-state index < -0.39 is 0 Å². The molecule has 0 saturated carbocycles. The number of carbonyl (C=O) groups is 1. The van der Waals surface area contributed by atoms with Gasteiger partial charge in [-0.3, -0.25) is 4.79 Å². The van der Waals surface area contributed by atoms with E-state index in [1.165, 1.54) is 5.56 Å². The fourth-order valence-electron chi connectivity index (χ4n) is 1.57. The average molecular weight is 315 g/mol. The van der Waals surface area contributed by atoms with Crippen LogP contribution in [0.1, 0.15) is 24.8 Å². The summed E-state index contributed by atoms with van der Waals surface area (Å²) in [6.45, 7) is 1.67. The van der Waals surface area contributed by atoms with Crippen LogP contribution in [0.5, 0.6) is 5.75 Å². The molecule has 100 valence electrons. The molecule has 1 aromatic carbocycles. The number of amides is 1. The summed E-state index contributed by atoms with van der Waals surface area (Å²) in [5.41, 5.74) is 6.25. The molecule has 4 nitrogen and oxygen atoms in total. The third kappa shape index (κ3) is 5.51. The Morgan fingerprint density at radius 3 is 2.83 bits per heavy atom. The van der Waals surface area contributed by atoms with Crippen LogP contribution >= 0.6 is 15.9 Å². The molecule has 0 aliphatic rings. The molecule has 0 unspecified atom stereocenters. The van der Waals surface area contributed by atoms with Gasteiger partial charge in [0.1, 0.15) is 5.75 Å². The number of primary amides is 1. The highest BCUT2D eigenvalue weighted by atomic mass is 79.9. The molecule has 0 fully saturated rings. The minimum Gasteiger partial charge on any atom is -0.497 e. The lowest BCUT2D eigenvalue weighted by atomic mass is 10.2. The van der Waals surface area contributed by atoms with E-state index in [1.807, 2.05) is 18.2 Å². The zero-order valence-corrected chi connectivity index (χ0v) is 12.1. The molecule has 1 amide bonds. The second-order valence-corrected chi connectivity index (χ2v) is 4.91. The highest BCUT2D eigenvalue weighted by Gasteiger charge is 2.01. The normalized spacial score (nSPS) is 10.3. The van der Waals surface area contributed by atoms with Crippen molar-refractivity contribution in [2.75, 3.05) is 13.7 Å². The van der Waals surface area contributed by atoms with Gasteiger partial charge < -0.3 is 15.8 Å². The molecule has 0 bridgehead atoms. The summed E-state index contributed by atoms with van der Waals surface area (Å²) in [5.74, 6) is 0.611. The van der Waals surface area contributed by atoms with Gasteiger partial charge in [-0.15, -0.1) is 0 Å². The minimum absolute atomic E-state index is 0.229. The number of hydrogen-bond acceptors (Lipinski definition) is 3. The van der Waals surface area contributed by atoms with Crippen LogP contribution in [0.15, 0.2) is 22.7 Å². The Kier molecular flexibility index (Phi) is 6.75. The van der Waals surface area contributed by atoms with Crippen molar-refractivity contribution in [1.82, 2.24) is 5.32 Å². The van der Waals surface area contributed by atoms with Gasteiger partial charge in [0.05, 0.1) is 7.11 Å². The highest BCUT2D eigenvalue weighted by Crippen LogP contribution is 2.22. The maximum atomic E-state index is 10.5. The van der Waals surface area contributed by atoms with E-state index >= 15 is 0 Å². The lowest BCUT2D eigenvalue weighted by Crippen LogP contribution is -2.16. The lowest BCUT2D eigenvalue weighted by molar-refractivity contribution is -0.118. The highest BCUT2D eigenvalue weighted by molar-refractivity contribution is 9.10. The van der Waals surface area contributed by atoms with Crippen LogP contribution in [0, 0.1) is 0 Å². The average Bonchev–Trinajstić information content (AvgIpc) is 2.34. The van der Waals surface area contributed by atoms with E-state index in [1.54, 1.807) is 7.11 Å². The van der Waals surface area contributed by atoms with Gasteiger partial charge in [-0.1, -0.05) is 22.0 Å². The van der Waals surface area contributed by atoms with Gasteiger partial charge in [0, 0.05) is 17.4 Å². The molecule has 3 N–H and O–H groups in total. The number of halogens is 1. The summed E-state index contributed by atoms with van der Waals surface area (Å²) >= 11 is 3.51. The fourth-order valence-corrected chi connectivity index (χ4v) is 2.07. The summed E-state index contributed by atoms with van der Waals surface area (Å²) in [6, 6.07) is 5.91. The first-order valence-corrected chi connectivity index (χ1v) is 6.74. The molecular weight excluding hydrogens is 296 g/mol. The number of hydrogen-bond donors (Lipinski definition) is 2. The van der Waals surface area contributed by atoms with Gasteiger partial charge in [0.25, 0.3) is 0 Å². The predicted octanol–water partition coefficient (Wildman–Crippen LogP) is 2.20. The number of benzene rings is 1. The first-order valence-electron chi connectivity index (χ1n) is 5.95. The van der Waals surface area contributed by atoms with Gasteiger partial charge in [-0.2, -0.15) is 0 Å². The molecule has 0 aliphatic heterocycles. The largest absolute Gasteiger partial charge is 0.497 e. The first kappa shape index (κ1) is 15.0. The Morgan fingerprint density at radius 1 is 1.44 bits per heavy atom. The third-order valence-corrected chi connectivity index (χ3v) is 3.34. The molecule has 5 heteroatoms. The molecular formula is C13H19BrN2O2. The third-order valence-electron chi connectivity index (χ3n) is 2.60. The number of nitrogens with two attached hydrogens (primary N) is 1. The van der Waals surface area contributed by atoms with Crippen LogP contribution in [-0.4, -0.2) is 19.6 Å². The van der Waals surface area contributed by atoms with Crippen molar-refractivity contribution < 1.29 is 9.53 Å². The van der Waals surface area contributed by atoms with E-state index in [9.17, 15) is 4.79 Å². The number of nitrogens with one attached hydrogen (secondary N) is 1. The molecule has 0 atom stereocenters. The van der Waals surface area contributed by atoms with Crippen molar-refractivity contribution in [3.8, 4) is 5.75 Å². The first-order chi connectivity index (χ1) is 8.63. The van der Waals surface area contributed by atoms with Gasteiger partial charge in [-0.25, -0.2) is 0 Å². The Bertz CT molecular complexity index is 397. The molecule has 0 saturated heterocycles. The number of carbonyl (C=O) groups excluding carboxylic acids is 1. The SMILES string of the molecule is COc1ccc(CNCCCCC(N)=O)c(Br)c1. The Balaban J connectivity index is 2.25. The van der Waals surface area contributed by atoms with Crippen LogP contribution in [0.4, 0.5) is 0 Å². The van der Waals surface area contributed by atoms with E-state index in [2.05, 4.69) is 21.2 Å². The molecule has 0 radical (unpaired) electrons. The van der Waals surface area contributed by atoms with Gasteiger partial charge >= 0.3 is 0 Å². The van der Waals surface area contributed by atoms with Crippen molar-refractivity contribution in [3.63, 3.8) is 0 Å². The van der Waals surface area contributed by atoms with Gasteiger partial charge in [-0.05, 0) is 37.1 Å². The summed E-state index contributed by atoms with van der Waals surface area (Å²) in [4.78, 5) is 10.5. The van der Waals surface area contributed by atoms with Crippen molar-refractivity contribution in [3.05, 3.63) is 28.2 Å². The zero-order chi connectivity index (χ0) is 13.4. The van der Waals surface area contributed by atoms with E-state index in [0.717, 1.165) is 36.2 Å². The summed E-state index contributed by atoms with van der Waals surface area (Å²) < 4.78 is 6.17. The molecule has 0 spiro atoms. The number of ether oxygens (including phenoxy) is 1. The smallest absolute Gasteiger partial charge is 0.217 e. The lowest BCUT2D eigenvalue weighted by Gasteiger charge is -2.08. The van der Waals surface area contributed by atoms with Crippen LogP contribution in [0.3, 0.4) is 0 Å². The van der Waals surface area contributed by atoms with E-state index in [-0.39, 0.29) is 5.91 Å². The van der Waals surface area contributed by atoms with E-state index in [4.69, 9.17) is 10.5 Å². The maximum Gasteiger partial charge on any atom is 0.217 e. The fraction of sp³-hybridized carbons (Fsp3) is 0.462. The molecule has 0 heterocycles. The van der Waals surface area contributed by atoms with Gasteiger partial charge in [0.15, 0.2) is 0 Å². The minimum atomic E-state index is -0.229. The monoisotopic (exact) mass is 314 g/mol. The van der Waals surface area contributed by atoms with Crippen LogP contribution in [-0.2, 0) is 11.3 Å². The number of rotatable bonds is 8. The number of methoxy groups -OCH3 is 1. The molecule has 0 aliphatic carbocycles. The van der Waals surface area contributed by atoms with Gasteiger partial charge in [0.2, 0.25) is 5.91 Å². The Morgan fingerprint density at radius 2 is 2.22 bits per heavy atom. The van der Waals surface area contributed by atoms with Crippen molar-refractivity contribution >= 4 is 21.8 Å². The van der Waals surface area contributed by atoms with Crippen molar-refractivity contribution in [2.24, 2.45) is 5.73 Å². The second-order valence-electron chi connectivity index (χ2n) is 4.06. The maximum absolute atomic E-state index is 10.5. The van der Waals surface area contributed by atoms with Crippen molar-refractivity contribution in [1.29, 1.82) is 0 Å². The molecule has 0 aromatic heterocycles. The van der Waals surface area contributed by atoms with E-state index in [0.29, 0.717) is 6.42 Å². The summed E-state index contributed by atoms with van der Waals surface area (Å²) in [7, 11) is 1.65. The van der Waals surface area contributed by atoms with Crippen LogP contribution < -0.4 is 15.8 Å². The topological polar surface area (TPSA) is 64.3 Å². The standard InChI is InChI=1S/C13H19BrN2O2/c1-18-11-6-5-10(12(14)8-11)9-16-7-3-2-4-13(15)17/h5-6,8,16H,2-4,7,9H2,1H3,(H2,15,17). The summed E-state index contributed by atoms with van der Waals surface area (Å²) in [6.07, 6.45) is 2.26. The Hall–Kier alpha value is -1.07. The quantitative estimate of drug-likeness (QED) is 0.723. The molecule has 1 aromatic rings. The number of unbranched alkanes of at least 4 members (excludes halogenated alkanes) is 1. The van der Waals surface area contributed by atoms with Crippen LogP contribution in [0.2, 0.25) is 0 Å². The molecule has 18 heavy (non-hydrogen) atoms. The predicted molar refractivity (Wildman–Crippen MR) is 75.4 cm³/mol. The second kappa shape index (κ2) is 8.11. The summed E-state index contributed by atoms with van der Waals surface area (Å²) in [5, 5.41) is 3.33.